The van der Waals surface area contributed by atoms with E-state index in [9.17, 15) is 0 Å². The van der Waals surface area contributed by atoms with E-state index in [1.807, 2.05) is 17.8 Å². The first-order chi connectivity index (χ1) is 6.84. The zero-order chi connectivity index (χ0) is 9.54. The summed E-state index contributed by atoms with van der Waals surface area (Å²) in [5.41, 5.74) is 0.900. The standard InChI is InChI=1S/C9H11N5/c1-13-4-8(10-5-13)9-12-11-6-14(9)7-2-3-7/h4-7H,2-3H2,1H3. The second kappa shape index (κ2) is 2.67. The highest BCUT2D eigenvalue weighted by Crippen LogP contribution is 2.36. The average Bonchev–Trinajstić information content (AvgIpc) is 2.75. The maximum absolute atomic E-state index is 4.27. The predicted octanol–water partition coefficient (Wildman–Crippen LogP) is 1.01. The van der Waals surface area contributed by atoms with Gasteiger partial charge in [-0.2, -0.15) is 0 Å². The van der Waals surface area contributed by atoms with Crippen molar-refractivity contribution < 1.29 is 0 Å². The lowest BCUT2D eigenvalue weighted by Crippen LogP contribution is -1.95. The maximum atomic E-state index is 4.27. The van der Waals surface area contributed by atoms with E-state index in [0.29, 0.717) is 6.04 Å². The Kier molecular flexibility index (Phi) is 1.47. The molecule has 0 amide bonds. The van der Waals surface area contributed by atoms with Gasteiger partial charge in [0, 0.05) is 19.3 Å². The lowest BCUT2D eigenvalue weighted by atomic mass is 10.4. The van der Waals surface area contributed by atoms with E-state index in [0.717, 1.165) is 11.5 Å². The van der Waals surface area contributed by atoms with Crippen molar-refractivity contribution in [2.45, 2.75) is 18.9 Å². The molecule has 5 nitrogen and oxygen atoms in total. The van der Waals surface area contributed by atoms with Crippen LogP contribution in [0.4, 0.5) is 0 Å². The third-order valence-electron chi connectivity index (χ3n) is 2.45. The van der Waals surface area contributed by atoms with Gasteiger partial charge < -0.3 is 9.13 Å². The van der Waals surface area contributed by atoms with Gasteiger partial charge in [-0.25, -0.2) is 4.98 Å². The Labute approximate surface area is 81.4 Å². The van der Waals surface area contributed by atoms with Crippen molar-refractivity contribution in [1.29, 1.82) is 0 Å². The van der Waals surface area contributed by atoms with Crippen LogP contribution in [0.3, 0.4) is 0 Å². The molecule has 2 aromatic heterocycles. The zero-order valence-electron chi connectivity index (χ0n) is 7.96. The lowest BCUT2D eigenvalue weighted by Gasteiger charge is -2.00. The zero-order valence-corrected chi connectivity index (χ0v) is 7.96. The molecule has 3 rings (SSSR count). The molecule has 14 heavy (non-hydrogen) atoms. The molecule has 2 aromatic rings. The van der Waals surface area contributed by atoms with Crippen LogP contribution in [0, 0.1) is 0 Å². The number of nitrogens with zero attached hydrogens (tertiary/aromatic N) is 5. The largest absolute Gasteiger partial charge is 0.340 e. The van der Waals surface area contributed by atoms with Crippen molar-refractivity contribution in [1.82, 2.24) is 24.3 Å². The third kappa shape index (κ3) is 1.13. The molecular weight excluding hydrogens is 178 g/mol. The fraction of sp³-hybridized carbons (Fsp3) is 0.444. The molecule has 1 saturated carbocycles. The molecule has 5 heteroatoms. The first kappa shape index (κ1) is 7.73. The number of rotatable bonds is 2. The van der Waals surface area contributed by atoms with Crippen molar-refractivity contribution in [2.24, 2.45) is 7.05 Å². The fourth-order valence-electron chi connectivity index (χ4n) is 1.57. The Morgan fingerprint density at radius 1 is 1.36 bits per heavy atom. The van der Waals surface area contributed by atoms with Crippen LogP contribution in [0.5, 0.6) is 0 Å². The van der Waals surface area contributed by atoms with E-state index in [1.54, 1.807) is 12.7 Å². The second-order valence-corrected chi connectivity index (χ2v) is 3.72. The molecule has 0 N–H and O–H groups in total. The van der Waals surface area contributed by atoms with Crippen molar-refractivity contribution in [3.05, 3.63) is 18.9 Å². The van der Waals surface area contributed by atoms with Crippen molar-refractivity contribution in [2.75, 3.05) is 0 Å². The van der Waals surface area contributed by atoms with Gasteiger partial charge in [0.05, 0.1) is 6.33 Å². The molecule has 0 saturated heterocycles. The molecule has 0 aromatic carbocycles. The molecule has 1 aliphatic rings. The molecular formula is C9H11N5. The highest BCUT2D eigenvalue weighted by Gasteiger charge is 2.27. The van der Waals surface area contributed by atoms with Crippen molar-refractivity contribution in [3.63, 3.8) is 0 Å². The summed E-state index contributed by atoms with van der Waals surface area (Å²) >= 11 is 0. The molecule has 1 aliphatic carbocycles. The van der Waals surface area contributed by atoms with Crippen LogP contribution < -0.4 is 0 Å². The molecule has 1 fully saturated rings. The highest BCUT2D eigenvalue weighted by atomic mass is 15.3. The number of imidazole rings is 1. The van der Waals surface area contributed by atoms with E-state index >= 15 is 0 Å². The quantitative estimate of drug-likeness (QED) is 0.708. The monoisotopic (exact) mass is 189 g/mol. The van der Waals surface area contributed by atoms with Gasteiger partial charge in [-0.15, -0.1) is 10.2 Å². The van der Waals surface area contributed by atoms with Crippen LogP contribution >= 0.6 is 0 Å². The third-order valence-corrected chi connectivity index (χ3v) is 2.45. The summed E-state index contributed by atoms with van der Waals surface area (Å²) in [5, 5.41) is 8.03. The minimum absolute atomic E-state index is 0.599. The van der Waals surface area contributed by atoms with Gasteiger partial charge in [0.25, 0.3) is 0 Å². The normalized spacial score (nSPS) is 16.1. The number of hydrogen-bond acceptors (Lipinski definition) is 3. The molecule has 2 heterocycles. The lowest BCUT2D eigenvalue weighted by molar-refractivity contribution is 0.744. The number of aromatic nitrogens is 5. The van der Waals surface area contributed by atoms with E-state index in [2.05, 4.69) is 19.7 Å². The van der Waals surface area contributed by atoms with E-state index < -0.39 is 0 Å². The molecule has 0 radical (unpaired) electrons. The van der Waals surface area contributed by atoms with Gasteiger partial charge in [-0.3, -0.25) is 0 Å². The molecule has 0 unspecified atom stereocenters. The Morgan fingerprint density at radius 2 is 2.21 bits per heavy atom. The van der Waals surface area contributed by atoms with Crippen molar-refractivity contribution >= 4 is 0 Å². The smallest absolute Gasteiger partial charge is 0.184 e. The van der Waals surface area contributed by atoms with Crippen LogP contribution in [0.15, 0.2) is 18.9 Å². The van der Waals surface area contributed by atoms with Crippen LogP contribution in [0.2, 0.25) is 0 Å². The first-order valence-corrected chi connectivity index (χ1v) is 4.72. The van der Waals surface area contributed by atoms with Crippen LogP contribution in [-0.2, 0) is 7.05 Å². The maximum Gasteiger partial charge on any atom is 0.184 e. The Morgan fingerprint density at radius 3 is 2.86 bits per heavy atom. The Bertz CT molecular complexity index is 451. The van der Waals surface area contributed by atoms with Gasteiger partial charge in [0.2, 0.25) is 0 Å². The van der Waals surface area contributed by atoms with Gasteiger partial charge in [-0.1, -0.05) is 0 Å². The van der Waals surface area contributed by atoms with E-state index in [-0.39, 0.29) is 0 Å². The van der Waals surface area contributed by atoms with Gasteiger partial charge in [0.1, 0.15) is 12.0 Å². The summed E-state index contributed by atoms with van der Waals surface area (Å²) in [5.74, 6) is 0.883. The van der Waals surface area contributed by atoms with Crippen LogP contribution in [0.25, 0.3) is 11.5 Å². The number of hydrogen-bond donors (Lipinski definition) is 0. The number of aryl methyl sites for hydroxylation is 1. The second-order valence-electron chi connectivity index (χ2n) is 3.72. The fourth-order valence-corrected chi connectivity index (χ4v) is 1.57. The molecule has 72 valence electrons. The summed E-state index contributed by atoms with van der Waals surface area (Å²) in [6.45, 7) is 0. The Balaban J connectivity index is 2.06. The van der Waals surface area contributed by atoms with E-state index in [1.165, 1.54) is 12.8 Å². The molecule has 0 bridgehead atoms. The Hall–Kier alpha value is -1.65. The van der Waals surface area contributed by atoms with Crippen LogP contribution in [0.1, 0.15) is 18.9 Å². The average molecular weight is 189 g/mol. The molecule has 0 atom stereocenters. The minimum Gasteiger partial charge on any atom is -0.340 e. The molecule has 0 spiro atoms. The highest BCUT2D eigenvalue weighted by molar-refractivity contribution is 5.47. The summed E-state index contributed by atoms with van der Waals surface area (Å²) in [6, 6.07) is 0.599. The van der Waals surface area contributed by atoms with Gasteiger partial charge in [-0.05, 0) is 12.8 Å². The summed E-state index contributed by atoms with van der Waals surface area (Å²) in [6.07, 6.45) is 8.00. The van der Waals surface area contributed by atoms with Gasteiger partial charge >= 0.3 is 0 Å². The van der Waals surface area contributed by atoms with Gasteiger partial charge in [0.15, 0.2) is 5.82 Å². The minimum atomic E-state index is 0.599. The SMILES string of the molecule is Cn1cnc(-c2nncn2C2CC2)c1. The summed E-state index contributed by atoms with van der Waals surface area (Å²) < 4.78 is 4.03. The molecule has 0 aliphatic heterocycles. The summed E-state index contributed by atoms with van der Waals surface area (Å²) in [7, 11) is 1.95. The first-order valence-electron chi connectivity index (χ1n) is 4.72. The van der Waals surface area contributed by atoms with E-state index in [4.69, 9.17) is 0 Å². The van der Waals surface area contributed by atoms with Crippen LogP contribution in [-0.4, -0.2) is 24.3 Å². The van der Waals surface area contributed by atoms with Crippen molar-refractivity contribution in [3.8, 4) is 11.5 Å². The topological polar surface area (TPSA) is 48.5 Å². The summed E-state index contributed by atoms with van der Waals surface area (Å²) in [4.78, 5) is 4.27. The predicted molar refractivity (Wildman–Crippen MR) is 50.5 cm³/mol.